The van der Waals surface area contributed by atoms with Crippen LogP contribution in [0.4, 0.5) is 10.5 Å². The number of carbonyl (C=O) groups excluding carboxylic acids is 3. The number of carbonyl (C=O) groups is 3. The molecule has 29 heavy (non-hydrogen) atoms. The Morgan fingerprint density at radius 3 is 2.48 bits per heavy atom. The second-order valence-corrected chi connectivity index (χ2v) is 7.52. The van der Waals surface area contributed by atoms with Gasteiger partial charge in [0.05, 0.1) is 6.04 Å². The van der Waals surface area contributed by atoms with Crippen molar-refractivity contribution in [3.8, 4) is 0 Å². The molecule has 0 saturated carbocycles. The summed E-state index contributed by atoms with van der Waals surface area (Å²) in [4.78, 5) is 37.9. The predicted octanol–water partition coefficient (Wildman–Crippen LogP) is 2.04. The van der Waals surface area contributed by atoms with E-state index < -0.39 is 12.1 Å². The van der Waals surface area contributed by atoms with Gasteiger partial charge in [0.1, 0.15) is 6.04 Å². The van der Waals surface area contributed by atoms with E-state index >= 15 is 0 Å². The first kappa shape index (κ1) is 19.1. The summed E-state index contributed by atoms with van der Waals surface area (Å²) in [6, 6.07) is 16.4. The molecule has 4 amide bonds. The summed E-state index contributed by atoms with van der Waals surface area (Å²) in [6.07, 6.45) is 2.28. The molecule has 0 aromatic heterocycles. The van der Waals surface area contributed by atoms with Crippen molar-refractivity contribution in [3.05, 3.63) is 65.7 Å². The Morgan fingerprint density at radius 1 is 1.03 bits per heavy atom. The molecule has 2 aliphatic heterocycles. The fourth-order valence-electron chi connectivity index (χ4n) is 3.92. The van der Waals surface area contributed by atoms with Crippen LogP contribution in [0.2, 0.25) is 0 Å². The van der Waals surface area contributed by atoms with Crippen molar-refractivity contribution in [3.63, 3.8) is 0 Å². The van der Waals surface area contributed by atoms with E-state index in [9.17, 15) is 14.4 Å². The van der Waals surface area contributed by atoms with Gasteiger partial charge in [0, 0.05) is 18.7 Å². The maximum atomic E-state index is 12.8. The maximum absolute atomic E-state index is 12.8. The normalized spacial score (nSPS) is 21.7. The third kappa shape index (κ3) is 4.63. The quantitative estimate of drug-likeness (QED) is 0.656. The van der Waals surface area contributed by atoms with Crippen LogP contribution in [-0.2, 0) is 22.6 Å². The summed E-state index contributed by atoms with van der Waals surface area (Å²) in [7, 11) is 0. The number of amides is 4. The standard InChI is InChI=1S/C22H24N4O3/c27-20-18(24-22(29)25-20)13-15-8-10-17(11-9-15)23-21(28)19-7-4-12-26(19)14-16-5-2-1-3-6-16/h1-3,5-6,8-11,18-19H,4,7,12-14H2,(H,23,28)(H2,24,25,27,29)/t18-,19+/m1/s1. The predicted molar refractivity (Wildman–Crippen MR) is 109 cm³/mol. The van der Waals surface area contributed by atoms with Crippen molar-refractivity contribution >= 4 is 23.5 Å². The van der Waals surface area contributed by atoms with Crippen molar-refractivity contribution in [1.29, 1.82) is 0 Å². The number of rotatable bonds is 6. The highest BCUT2D eigenvalue weighted by atomic mass is 16.2. The summed E-state index contributed by atoms with van der Waals surface area (Å²) in [5, 5.41) is 7.82. The molecule has 3 N–H and O–H groups in total. The van der Waals surface area contributed by atoms with Gasteiger partial charge >= 0.3 is 6.03 Å². The van der Waals surface area contributed by atoms with E-state index in [0.717, 1.165) is 37.2 Å². The van der Waals surface area contributed by atoms with Gasteiger partial charge in [-0.25, -0.2) is 4.79 Å². The number of hydrogen-bond donors (Lipinski definition) is 3. The van der Waals surface area contributed by atoms with Crippen LogP contribution in [0.1, 0.15) is 24.0 Å². The molecular weight excluding hydrogens is 368 g/mol. The summed E-state index contributed by atoms with van der Waals surface area (Å²) in [6.45, 7) is 1.69. The zero-order valence-corrected chi connectivity index (χ0v) is 16.1. The number of hydrogen-bond acceptors (Lipinski definition) is 4. The van der Waals surface area contributed by atoms with Crippen LogP contribution in [0.3, 0.4) is 0 Å². The van der Waals surface area contributed by atoms with Gasteiger partial charge in [-0.1, -0.05) is 42.5 Å². The zero-order valence-electron chi connectivity index (χ0n) is 16.1. The lowest BCUT2D eigenvalue weighted by atomic mass is 10.1. The van der Waals surface area contributed by atoms with Crippen molar-refractivity contribution in [2.24, 2.45) is 0 Å². The highest BCUT2D eigenvalue weighted by Gasteiger charge is 2.31. The van der Waals surface area contributed by atoms with Gasteiger partial charge in [0.15, 0.2) is 0 Å². The molecule has 150 valence electrons. The molecule has 0 bridgehead atoms. The van der Waals surface area contributed by atoms with Crippen molar-refractivity contribution in [2.45, 2.75) is 37.9 Å². The molecule has 2 saturated heterocycles. The molecule has 0 spiro atoms. The Morgan fingerprint density at radius 2 is 1.79 bits per heavy atom. The van der Waals surface area contributed by atoms with Crippen LogP contribution in [0.15, 0.2) is 54.6 Å². The minimum absolute atomic E-state index is 0.00798. The fourth-order valence-corrected chi connectivity index (χ4v) is 3.92. The Bertz CT molecular complexity index is 898. The molecule has 7 heteroatoms. The summed E-state index contributed by atoms with van der Waals surface area (Å²) in [5.74, 6) is -0.305. The molecule has 4 rings (SSSR count). The maximum Gasteiger partial charge on any atom is 0.322 e. The van der Waals surface area contributed by atoms with E-state index in [-0.39, 0.29) is 17.9 Å². The number of nitrogens with zero attached hydrogens (tertiary/aromatic N) is 1. The van der Waals surface area contributed by atoms with E-state index in [1.165, 1.54) is 5.56 Å². The Hall–Kier alpha value is -3.19. The number of nitrogens with one attached hydrogen (secondary N) is 3. The van der Waals surface area contributed by atoms with Gasteiger partial charge in [-0.3, -0.25) is 19.8 Å². The number of likely N-dealkylation sites (tertiary alicyclic amines) is 1. The minimum Gasteiger partial charge on any atom is -0.326 e. The molecule has 2 aromatic carbocycles. The summed E-state index contributed by atoms with van der Waals surface area (Å²) in [5.41, 5.74) is 2.85. The lowest BCUT2D eigenvalue weighted by Gasteiger charge is -2.23. The van der Waals surface area contributed by atoms with Gasteiger partial charge in [-0.2, -0.15) is 0 Å². The van der Waals surface area contributed by atoms with Gasteiger partial charge in [0.25, 0.3) is 5.91 Å². The number of imide groups is 1. The highest BCUT2D eigenvalue weighted by Crippen LogP contribution is 2.22. The molecule has 2 heterocycles. The lowest BCUT2D eigenvalue weighted by Crippen LogP contribution is -2.39. The molecule has 7 nitrogen and oxygen atoms in total. The fraction of sp³-hybridized carbons (Fsp3) is 0.318. The Balaban J connectivity index is 1.34. The molecule has 2 aliphatic rings. The molecule has 0 aliphatic carbocycles. The second-order valence-electron chi connectivity index (χ2n) is 7.52. The number of urea groups is 1. The average Bonchev–Trinajstić information content (AvgIpc) is 3.30. The first-order chi connectivity index (χ1) is 14.1. The van der Waals surface area contributed by atoms with Crippen molar-refractivity contribution in [2.75, 3.05) is 11.9 Å². The molecular formula is C22H24N4O3. The Kier molecular flexibility index (Phi) is 5.57. The van der Waals surface area contributed by atoms with Crippen LogP contribution in [0.25, 0.3) is 0 Å². The van der Waals surface area contributed by atoms with E-state index in [0.29, 0.717) is 6.42 Å². The first-order valence-electron chi connectivity index (χ1n) is 9.87. The summed E-state index contributed by atoms with van der Waals surface area (Å²) < 4.78 is 0. The minimum atomic E-state index is -0.548. The van der Waals surface area contributed by atoms with Gasteiger partial charge in [-0.15, -0.1) is 0 Å². The van der Waals surface area contributed by atoms with Gasteiger partial charge in [-0.05, 0) is 42.6 Å². The number of benzene rings is 2. The van der Waals surface area contributed by atoms with E-state index in [1.807, 2.05) is 42.5 Å². The molecule has 0 radical (unpaired) electrons. The Labute approximate surface area is 169 Å². The van der Waals surface area contributed by atoms with Crippen LogP contribution >= 0.6 is 0 Å². The molecule has 0 unspecified atom stereocenters. The average molecular weight is 392 g/mol. The third-order valence-corrected chi connectivity index (χ3v) is 5.41. The van der Waals surface area contributed by atoms with Crippen LogP contribution < -0.4 is 16.0 Å². The third-order valence-electron chi connectivity index (χ3n) is 5.41. The van der Waals surface area contributed by atoms with Gasteiger partial charge < -0.3 is 10.6 Å². The van der Waals surface area contributed by atoms with E-state index in [4.69, 9.17) is 0 Å². The topological polar surface area (TPSA) is 90.5 Å². The van der Waals surface area contributed by atoms with Crippen molar-refractivity contribution in [1.82, 2.24) is 15.5 Å². The SMILES string of the molecule is O=C1NC(=O)[C@@H](Cc2ccc(NC(=O)[C@@H]3CCCN3Cc3ccccc3)cc2)N1. The van der Waals surface area contributed by atoms with Crippen LogP contribution in [-0.4, -0.2) is 41.4 Å². The second kappa shape index (κ2) is 8.45. The van der Waals surface area contributed by atoms with Crippen molar-refractivity contribution < 1.29 is 14.4 Å². The van der Waals surface area contributed by atoms with Gasteiger partial charge in [0.2, 0.25) is 5.91 Å². The largest absolute Gasteiger partial charge is 0.326 e. The van der Waals surface area contributed by atoms with Crippen LogP contribution in [0.5, 0.6) is 0 Å². The van der Waals surface area contributed by atoms with E-state index in [2.05, 4.69) is 33.0 Å². The van der Waals surface area contributed by atoms with E-state index in [1.54, 1.807) is 0 Å². The molecule has 2 aromatic rings. The smallest absolute Gasteiger partial charge is 0.322 e. The van der Waals surface area contributed by atoms with Crippen LogP contribution in [0, 0.1) is 0 Å². The zero-order chi connectivity index (χ0) is 20.2. The molecule has 2 fully saturated rings. The molecule has 2 atom stereocenters. The number of anilines is 1. The summed E-state index contributed by atoms with van der Waals surface area (Å²) >= 11 is 0. The lowest BCUT2D eigenvalue weighted by molar-refractivity contribution is -0.121. The monoisotopic (exact) mass is 392 g/mol. The first-order valence-corrected chi connectivity index (χ1v) is 9.87. The highest BCUT2D eigenvalue weighted by molar-refractivity contribution is 6.04.